The minimum atomic E-state index is -0.814. The van der Waals surface area contributed by atoms with Gasteiger partial charge in [-0.1, -0.05) is 47.7 Å². The first-order chi connectivity index (χ1) is 19.7. The van der Waals surface area contributed by atoms with Crippen molar-refractivity contribution in [1.29, 1.82) is 0 Å². The molecule has 1 atom stereocenters. The average Bonchev–Trinajstić information content (AvgIpc) is 3.38. The van der Waals surface area contributed by atoms with Gasteiger partial charge in [-0.25, -0.2) is 14.6 Å². The van der Waals surface area contributed by atoms with Crippen LogP contribution < -0.4 is 25.3 Å². The summed E-state index contributed by atoms with van der Waals surface area (Å²) in [6.45, 7) is 3.69. The SMILES string of the molecule is CCOC(=O)C1=C(C)N=c2sc(=Cc3ccc4c(c3)n(C)c(=O)n4C)c(=O)n2C1c1c(OC)ccc2ccccc12. The standard InChI is InChI=1S/C31H28N4O5S/c1-6-40-29(37)25-17(2)32-30-35(27(25)26-20-10-8-7-9-19(20)12-14-23(26)39-5)28(36)24(41-30)16-18-11-13-21-22(15-18)34(4)31(38)33(21)3/h7-16,27H,6H2,1-5H3. The number of thiazole rings is 1. The number of fused-ring (bicyclic) bond motifs is 3. The van der Waals surface area contributed by atoms with Gasteiger partial charge in [0.15, 0.2) is 4.80 Å². The second-order valence-corrected chi connectivity index (χ2v) is 10.9. The topological polar surface area (TPSA) is 96.8 Å². The monoisotopic (exact) mass is 568 g/mol. The van der Waals surface area contributed by atoms with E-state index in [1.807, 2.05) is 54.6 Å². The number of esters is 1. The Balaban J connectivity index is 1.64. The molecule has 0 bridgehead atoms. The second-order valence-electron chi connectivity index (χ2n) is 9.85. The smallest absolute Gasteiger partial charge is 0.338 e. The van der Waals surface area contributed by atoms with Gasteiger partial charge in [0.25, 0.3) is 5.56 Å². The number of aryl methyl sites for hydroxylation is 2. The highest BCUT2D eigenvalue weighted by molar-refractivity contribution is 7.07. The quantitative estimate of drug-likeness (QED) is 0.304. The second kappa shape index (κ2) is 10.0. The summed E-state index contributed by atoms with van der Waals surface area (Å²) in [5, 5.41) is 1.81. The van der Waals surface area contributed by atoms with Crippen molar-refractivity contribution in [2.75, 3.05) is 13.7 Å². The number of hydrogen-bond acceptors (Lipinski definition) is 7. The van der Waals surface area contributed by atoms with Gasteiger partial charge in [0.2, 0.25) is 0 Å². The number of allylic oxidation sites excluding steroid dienone is 1. The highest BCUT2D eigenvalue weighted by Gasteiger charge is 2.36. The minimum Gasteiger partial charge on any atom is -0.496 e. The van der Waals surface area contributed by atoms with Crippen LogP contribution in [0.1, 0.15) is 31.0 Å². The van der Waals surface area contributed by atoms with Crippen LogP contribution in [-0.2, 0) is 23.6 Å². The molecule has 0 fully saturated rings. The van der Waals surface area contributed by atoms with Gasteiger partial charge < -0.3 is 9.47 Å². The summed E-state index contributed by atoms with van der Waals surface area (Å²) in [6.07, 6.45) is 1.79. The van der Waals surface area contributed by atoms with Gasteiger partial charge >= 0.3 is 11.7 Å². The summed E-state index contributed by atoms with van der Waals surface area (Å²) in [6, 6.07) is 16.4. The molecule has 0 spiro atoms. The number of imidazole rings is 1. The molecule has 208 valence electrons. The number of nitrogens with zero attached hydrogens (tertiary/aromatic N) is 4. The maximum Gasteiger partial charge on any atom is 0.338 e. The van der Waals surface area contributed by atoms with Crippen LogP contribution in [0.2, 0.25) is 0 Å². The lowest BCUT2D eigenvalue weighted by molar-refractivity contribution is -0.139. The summed E-state index contributed by atoms with van der Waals surface area (Å²) in [5.74, 6) is 0.0219. The van der Waals surface area contributed by atoms with Crippen molar-refractivity contribution in [3.63, 3.8) is 0 Å². The zero-order valence-electron chi connectivity index (χ0n) is 23.3. The van der Waals surface area contributed by atoms with E-state index in [0.717, 1.165) is 27.4 Å². The number of rotatable bonds is 5. The third-order valence-corrected chi connectivity index (χ3v) is 8.52. The number of benzene rings is 3. The molecular weight excluding hydrogens is 540 g/mol. The van der Waals surface area contributed by atoms with Gasteiger partial charge in [-0.15, -0.1) is 0 Å². The highest BCUT2D eigenvalue weighted by atomic mass is 32.1. The molecule has 2 aromatic heterocycles. The molecular formula is C31H28N4O5S. The first kappa shape index (κ1) is 26.5. The van der Waals surface area contributed by atoms with E-state index in [9.17, 15) is 14.4 Å². The predicted octanol–water partition coefficient (Wildman–Crippen LogP) is 3.15. The van der Waals surface area contributed by atoms with E-state index in [0.29, 0.717) is 31.9 Å². The van der Waals surface area contributed by atoms with Crippen molar-refractivity contribution in [3.05, 3.63) is 107 Å². The normalized spacial score (nSPS) is 15.3. The Morgan fingerprint density at radius 2 is 1.80 bits per heavy atom. The first-order valence-electron chi connectivity index (χ1n) is 13.2. The first-order valence-corrected chi connectivity index (χ1v) is 14.0. The number of methoxy groups -OCH3 is 1. The van der Waals surface area contributed by atoms with Crippen molar-refractivity contribution in [1.82, 2.24) is 13.7 Å². The molecule has 0 amide bonds. The average molecular weight is 569 g/mol. The van der Waals surface area contributed by atoms with Gasteiger partial charge in [-0.3, -0.25) is 18.5 Å². The summed E-state index contributed by atoms with van der Waals surface area (Å²) in [5.41, 5.74) is 3.39. The fourth-order valence-corrected chi connectivity index (χ4v) is 6.61. The third kappa shape index (κ3) is 4.13. The Morgan fingerprint density at radius 1 is 1.05 bits per heavy atom. The lowest BCUT2D eigenvalue weighted by Gasteiger charge is -2.27. The Morgan fingerprint density at radius 3 is 2.56 bits per heavy atom. The Hall–Kier alpha value is -4.70. The van der Waals surface area contributed by atoms with Crippen LogP contribution in [0.25, 0.3) is 27.9 Å². The van der Waals surface area contributed by atoms with Crippen LogP contribution in [0.3, 0.4) is 0 Å². The summed E-state index contributed by atoms with van der Waals surface area (Å²) < 4.78 is 16.4. The van der Waals surface area contributed by atoms with E-state index < -0.39 is 12.0 Å². The maximum atomic E-state index is 14.2. The number of carbonyl (C=O) groups is 1. The van der Waals surface area contributed by atoms with Crippen LogP contribution >= 0.6 is 11.3 Å². The number of aromatic nitrogens is 3. The maximum absolute atomic E-state index is 14.2. The molecule has 1 aliphatic rings. The summed E-state index contributed by atoms with van der Waals surface area (Å²) in [7, 11) is 5.03. The third-order valence-electron chi connectivity index (χ3n) is 7.53. The zero-order valence-corrected chi connectivity index (χ0v) is 24.1. The van der Waals surface area contributed by atoms with Crippen LogP contribution in [-0.4, -0.2) is 33.4 Å². The van der Waals surface area contributed by atoms with Gasteiger partial charge in [-0.05, 0) is 54.5 Å². The highest BCUT2D eigenvalue weighted by Crippen LogP contribution is 2.40. The fourth-order valence-electron chi connectivity index (χ4n) is 5.57. The fraction of sp³-hybridized carbons (Fsp3) is 0.226. The van der Waals surface area contributed by atoms with E-state index in [-0.39, 0.29) is 17.9 Å². The number of ether oxygens (including phenoxy) is 2. The van der Waals surface area contributed by atoms with Gasteiger partial charge in [-0.2, -0.15) is 0 Å². The van der Waals surface area contributed by atoms with Crippen molar-refractivity contribution >= 4 is 45.2 Å². The van der Waals surface area contributed by atoms with Gasteiger partial charge in [0.05, 0.1) is 40.6 Å². The molecule has 1 unspecified atom stereocenters. The molecule has 0 N–H and O–H groups in total. The molecule has 41 heavy (non-hydrogen) atoms. The molecule has 6 rings (SSSR count). The lowest BCUT2D eigenvalue weighted by atomic mass is 9.90. The van der Waals surface area contributed by atoms with Crippen LogP contribution in [0.5, 0.6) is 5.75 Å². The van der Waals surface area contributed by atoms with E-state index >= 15 is 0 Å². The van der Waals surface area contributed by atoms with Crippen LogP contribution in [0, 0.1) is 0 Å². The minimum absolute atomic E-state index is 0.123. The van der Waals surface area contributed by atoms with Crippen molar-refractivity contribution in [3.8, 4) is 5.75 Å². The molecule has 0 radical (unpaired) electrons. The summed E-state index contributed by atoms with van der Waals surface area (Å²) in [4.78, 5) is 45.2. The molecule has 0 saturated carbocycles. The molecule has 0 saturated heterocycles. The van der Waals surface area contributed by atoms with Crippen LogP contribution in [0.4, 0.5) is 0 Å². The van der Waals surface area contributed by atoms with E-state index in [2.05, 4.69) is 0 Å². The molecule has 5 aromatic rings. The van der Waals surface area contributed by atoms with Crippen molar-refractivity contribution in [2.24, 2.45) is 19.1 Å². The molecule has 1 aliphatic heterocycles. The summed E-state index contributed by atoms with van der Waals surface area (Å²) >= 11 is 1.25. The Bertz CT molecular complexity index is 2160. The van der Waals surface area contributed by atoms with E-state index in [1.165, 1.54) is 11.3 Å². The van der Waals surface area contributed by atoms with Crippen LogP contribution in [0.15, 0.2) is 80.4 Å². The van der Waals surface area contributed by atoms with Crippen molar-refractivity contribution in [2.45, 2.75) is 19.9 Å². The van der Waals surface area contributed by atoms with Gasteiger partial charge in [0, 0.05) is 19.7 Å². The molecule has 0 aliphatic carbocycles. The largest absolute Gasteiger partial charge is 0.496 e. The molecule has 3 heterocycles. The Kier molecular flexibility index (Phi) is 6.50. The van der Waals surface area contributed by atoms with E-state index in [4.69, 9.17) is 14.5 Å². The number of hydrogen-bond donors (Lipinski definition) is 0. The molecule has 3 aromatic carbocycles. The Labute approximate surface area is 238 Å². The molecule has 9 nitrogen and oxygen atoms in total. The number of carbonyl (C=O) groups excluding carboxylic acids is 1. The zero-order chi connectivity index (χ0) is 29.0. The lowest BCUT2D eigenvalue weighted by Crippen LogP contribution is -2.40. The van der Waals surface area contributed by atoms with Crippen molar-refractivity contribution < 1.29 is 14.3 Å². The van der Waals surface area contributed by atoms with E-state index in [1.54, 1.807) is 54.8 Å². The predicted molar refractivity (Wildman–Crippen MR) is 159 cm³/mol. The molecule has 10 heteroatoms. The van der Waals surface area contributed by atoms with Gasteiger partial charge in [0.1, 0.15) is 11.8 Å².